The summed E-state index contributed by atoms with van der Waals surface area (Å²) in [4.78, 5) is 5.43. The number of hydrogen-bond donors (Lipinski definition) is 2. The normalized spacial score (nSPS) is 20.1. The van der Waals surface area contributed by atoms with Crippen LogP contribution in [0.1, 0.15) is 19.3 Å². The van der Waals surface area contributed by atoms with E-state index in [0.29, 0.717) is 12.4 Å². The molecule has 1 aliphatic heterocycles. The summed E-state index contributed by atoms with van der Waals surface area (Å²) in [7, 11) is -1.15. The molecule has 1 heterocycles. The molecule has 0 aliphatic carbocycles. The van der Waals surface area contributed by atoms with Gasteiger partial charge in [0.05, 0.1) is 11.5 Å². The predicted octanol–water partition coefficient (Wildman–Crippen LogP) is 2.67. The quantitative estimate of drug-likeness (QED) is 0.299. The Morgan fingerprint density at radius 3 is 2.83 bits per heavy atom. The molecule has 24 heavy (non-hydrogen) atoms. The molecule has 8 heteroatoms. The molecule has 0 amide bonds. The molecule has 1 aromatic carbocycles. The van der Waals surface area contributed by atoms with E-state index in [-0.39, 0.29) is 17.5 Å². The standard InChI is InChI=1S/C16H24BrN3O2S2/c1-18-16(20-13-8-11-24(21,22)12-13)19-9-4-5-10-23-15-7-3-2-6-14(15)17/h2-3,6-7,13H,4-5,8-12H2,1H3,(H2,18,19,20). The Morgan fingerprint density at radius 2 is 2.17 bits per heavy atom. The second-order valence-electron chi connectivity index (χ2n) is 5.73. The Balaban J connectivity index is 1.60. The summed E-state index contributed by atoms with van der Waals surface area (Å²) in [5, 5.41) is 6.45. The van der Waals surface area contributed by atoms with Crippen LogP contribution in [0.25, 0.3) is 0 Å². The zero-order valence-corrected chi connectivity index (χ0v) is 17.0. The lowest BCUT2D eigenvalue weighted by atomic mass is 10.3. The van der Waals surface area contributed by atoms with Crippen molar-refractivity contribution in [3.63, 3.8) is 0 Å². The molecule has 2 rings (SSSR count). The molecule has 134 valence electrons. The highest BCUT2D eigenvalue weighted by molar-refractivity contribution is 9.10. The Morgan fingerprint density at radius 1 is 1.38 bits per heavy atom. The number of halogens is 1. The van der Waals surface area contributed by atoms with Gasteiger partial charge >= 0.3 is 0 Å². The van der Waals surface area contributed by atoms with Gasteiger partial charge in [-0.1, -0.05) is 12.1 Å². The van der Waals surface area contributed by atoms with E-state index in [1.165, 1.54) is 4.90 Å². The number of nitrogens with zero attached hydrogens (tertiary/aromatic N) is 1. The van der Waals surface area contributed by atoms with Gasteiger partial charge in [-0.3, -0.25) is 4.99 Å². The van der Waals surface area contributed by atoms with Crippen LogP contribution in [0.5, 0.6) is 0 Å². The van der Waals surface area contributed by atoms with Crippen molar-refractivity contribution in [2.24, 2.45) is 4.99 Å². The summed E-state index contributed by atoms with van der Waals surface area (Å²) in [5.41, 5.74) is 0. The van der Waals surface area contributed by atoms with Gasteiger partial charge < -0.3 is 10.6 Å². The Bertz CT molecular complexity index is 665. The summed E-state index contributed by atoms with van der Waals surface area (Å²) in [6, 6.07) is 8.23. The van der Waals surface area contributed by atoms with E-state index in [4.69, 9.17) is 0 Å². The molecule has 0 saturated carbocycles. The fourth-order valence-corrected chi connectivity index (χ4v) is 5.73. The average molecular weight is 434 g/mol. The first-order valence-electron chi connectivity index (χ1n) is 8.05. The van der Waals surface area contributed by atoms with Crippen molar-refractivity contribution in [2.45, 2.75) is 30.2 Å². The Hall–Kier alpha value is -0.730. The molecule has 1 aliphatic rings. The maximum Gasteiger partial charge on any atom is 0.191 e. The van der Waals surface area contributed by atoms with Gasteiger partial charge in [0, 0.05) is 29.0 Å². The number of aliphatic imine (C=N–C) groups is 1. The second kappa shape index (κ2) is 9.68. The molecule has 1 unspecified atom stereocenters. The van der Waals surface area contributed by atoms with Crippen molar-refractivity contribution in [1.29, 1.82) is 0 Å². The van der Waals surface area contributed by atoms with Crippen molar-refractivity contribution < 1.29 is 8.42 Å². The van der Waals surface area contributed by atoms with Crippen LogP contribution in [0.4, 0.5) is 0 Å². The Kier molecular flexibility index (Phi) is 7.90. The summed E-state index contributed by atoms with van der Waals surface area (Å²) in [6.45, 7) is 0.829. The number of guanidine groups is 1. The highest BCUT2D eigenvalue weighted by Gasteiger charge is 2.28. The fourth-order valence-electron chi connectivity index (χ4n) is 2.47. The second-order valence-corrected chi connectivity index (χ2v) is 9.95. The number of thioether (sulfide) groups is 1. The van der Waals surface area contributed by atoms with Gasteiger partial charge in [-0.15, -0.1) is 11.8 Å². The number of hydrogen-bond acceptors (Lipinski definition) is 4. The average Bonchev–Trinajstić information content (AvgIpc) is 2.89. The summed E-state index contributed by atoms with van der Waals surface area (Å²) >= 11 is 5.41. The lowest BCUT2D eigenvalue weighted by Crippen LogP contribution is -2.44. The van der Waals surface area contributed by atoms with E-state index in [9.17, 15) is 8.42 Å². The third-order valence-electron chi connectivity index (χ3n) is 3.75. The zero-order valence-electron chi connectivity index (χ0n) is 13.8. The van der Waals surface area contributed by atoms with E-state index in [1.807, 2.05) is 23.9 Å². The largest absolute Gasteiger partial charge is 0.356 e. The van der Waals surface area contributed by atoms with Crippen molar-refractivity contribution in [3.05, 3.63) is 28.7 Å². The smallest absolute Gasteiger partial charge is 0.191 e. The van der Waals surface area contributed by atoms with E-state index >= 15 is 0 Å². The van der Waals surface area contributed by atoms with Crippen LogP contribution < -0.4 is 10.6 Å². The van der Waals surface area contributed by atoms with Gasteiger partial charge in [0.25, 0.3) is 0 Å². The third-order valence-corrected chi connectivity index (χ3v) is 7.64. The van der Waals surface area contributed by atoms with Crippen LogP contribution in [0.2, 0.25) is 0 Å². The highest BCUT2D eigenvalue weighted by atomic mass is 79.9. The predicted molar refractivity (Wildman–Crippen MR) is 106 cm³/mol. The monoisotopic (exact) mass is 433 g/mol. The van der Waals surface area contributed by atoms with Gasteiger partial charge in [0.1, 0.15) is 0 Å². The summed E-state index contributed by atoms with van der Waals surface area (Å²) in [6.07, 6.45) is 2.81. The third kappa shape index (κ3) is 6.64. The topological polar surface area (TPSA) is 70.6 Å². The van der Waals surface area contributed by atoms with Crippen LogP contribution in [-0.2, 0) is 9.84 Å². The van der Waals surface area contributed by atoms with Gasteiger partial charge in [0.15, 0.2) is 15.8 Å². The van der Waals surface area contributed by atoms with Crippen LogP contribution in [-0.4, -0.2) is 51.3 Å². The number of sulfone groups is 1. The zero-order chi connectivity index (χ0) is 17.4. The van der Waals surface area contributed by atoms with Gasteiger partial charge in [-0.25, -0.2) is 8.42 Å². The number of benzene rings is 1. The minimum absolute atomic E-state index is 0.0211. The van der Waals surface area contributed by atoms with Crippen molar-refractivity contribution in [1.82, 2.24) is 10.6 Å². The minimum Gasteiger partial charge on any atom is -0.356 e. The number of unbranched alkanes of at least 4 members (excludes halogenated alkanes) is 1. The minimum atomic E-state index is -2.86. The molecule has 5 nitrogen and oxygen atoms in total. The first-order valence-corrected chi connectivity index (χ1v) is 11.6. The lowest BCUT2D eigenvalue weighted by Gasteiger charge is -2.16. The van der Waals surface area contributed by atoms with Crippen LogP contribution >= 0.6 is 27.7 Å². The summed E-state index contributed by atoms with van der Waals surface area (Å²) in [5.74, 6) is 2.23. The maximum absolute atomic E-state index is 11.5. The Labute approximate surface area is 157 Å². The number of rotatable bonds is 7. The molecule has 0 radical (unpaired) electrons. The van der Waals surface area contributed by atoms with Crippen molar-refractivity contribution in [2.75, 3.05) is 30.9 Å². The van der Waals surface area contributed by atoms with Crippen molar-refractivity contribution in [3.8, 4) is 0 Å². The van der Waals surface area contributed by atoms with Crippen LogP contribution in [0, 0.1) is 0 Å². The maximum atomic E-state index is 11.5. The van der Waals surface area contributed by atoms with Crippen LogP contribution in [0.3, 0.4) is 0 Å². The molecule has 0 aromatic heterocycles. The molecular weight excluding hydrogens is 410 g/mol. The van der Waals surface area contributed by atoms with E-state index in [2.05, 4.69) is 43.7 Å². The first kappa shape index (κ1) is 19.6. The molecule has 1 saturated heterocycles. The molecule has 0 bridgehead atoms. The van der Waals surface area contributed by atoms with Crippen LogP contribution in [0.15, 0.2) is 38.6 Å². The first-order chi connectivity index (χ1) is 11.5. The number of nitrogens with one attached hydrogen (secondary N) is 2. The fraction of sp³-hybridized carbons (Fsp3) is 0.562. The molecule has 0 spiro atoms. The lowest BCUT2D eigenvalue weighted by molar-refractivity contribution is 0.599. The van der Waals surface area contributed by atoms with Crippen molar-refractivity contribution >= 4 is 43.5 Å². The molecule has 2 N–H and O–H groups in total. The summed E-state index contributed by atoms with van der Waals surface area (Å²) < 4.78 is 24.1. The highest BCUT2D eigenvalue weighted by Crippen LogP contribution is 2.27. The molecule has 1 fully saturated rings. The molecule has 1 atom stereocenters. The van der Waals surface area contributed by atoms with E-state index < -0.39 is 9.84 Å². The van der Waals surface area contributed by atoms with E-state index in [0.717, 1.165) is 29.6 Å². The van der Waals surface area contributed by atoms with Gasteiger partial charge in [-0.2, -0.15) is 0 Å². The van der Waals surface area contributed by atoms with Gasteiger partial charge in [-0.05, 0) is 53.1 Å². The SMILES string of the molecule is CN=C(NCCCCSc1ccccc1Br)NC1CCS(=O)(=O)C1. The van der Waals surface area contributed by atoms with Gasteiger partial charge in [0.2, 0.25) is 0 Å². The molecule has 1 aromatic rings. The van der Waals surface area contributed by atoms with E-state index in [1.54, 1.807) is 7.05 Å². The molecular formula is C16H24BrN3O2S2.